The Hall–Kier alpha value is -3.12. The van der Waals surface area contributed by atoms with Gasteiger partial charge in [0.15, 0.2) is 0 Å². The number of benzene rings is 1. The van der Waals surface area contributed by atoms with E-state index in [0.717, 1.165) is 22.4 Å². The van der Waals surface area contributed by atoms with Crippen LogP contribution in [0.25, 0.3) is 17.2 Å². The van der Waals surface area contributed by atoms with Gasteiger partial charge in [0.2, 0.25) is 15.9 Å². The van der Waals surface area contributed by atoms with E-state index in [1.807, 2.05) is 12.1 Å². The Kier molecular flexibility index (Phi) is 6.06. The fourth-order valence-electron chi connectivity index (χ4n) is 5.39. The molecule has 9 heteroatoms. The third kappa shape index (κ3) is 3.90. The van der Waals surface area contributed by atoms with Crippen LogP contribution >= 0.6 is 0 Å². The van der Waals surface area contributed by atoms with Crippen molar-refractivity contribution in [3.8, 4) is 17.2 Å². The fraction of sp³-hybridized carbons (Fsp3) is 0.400. The van der Waals surface area contributed by atoms with Gasteiger partial charge in [-0.1, -0.05) is 37.3 Å². The largest absolute Gasteiger partial charge is 0.274 e. The fourth-order valence-corrected chi connectivity index (χ4v) is 7.88. The number of hydrogen-bond acceptors (Lipinski definition) is 5. The van der Waals surface area contributed by atoms with Gasteiger partial charge in [-0.25, -0.2) is 21.5 Å². The topological polar surface area (TPSA) is 91.1 Å². The van der Waals surface area contributed by atoms with Crippen LogP contribution in [0.5, 0.6) is 0 Å². The van der Waals surface area contributed by atoms with Gasteiger partial charge >= 0.3 is 0 Å². The molecule has 1 amide bonds. The number of nitrogens with zero attached hydrogens (tertiary/aromatic N) is 3. The van der Waals surface area contributed by atoms with E-state index in [0.29, 0.717) is 11.3 Å². The summed E-state index contributed by atoms with van der Waals surface area (Å²) in [6.07, 6.45) is 4.05. The van der Waals surface area contributed by atoms with Crippen LogP contribution in [-0.2, 0) is 14.8 Å². The van der Waals surface area contributed by atoms with Gasteiger partial charge in [-0.05, 0) is 31.1 Å². The highest BCUT2D eigenvalue weighted by atomic mass is 32.2. The molecule has 1 aliphatic carbocycles. The second kappa shape index (κ2) is 8.58. The van der Waals surface area contributed by atoms with E-state index < -0.39 is 57.3 Å². The molecule has 2 aliphatic rings. The number of pyridine rings is 1. The van der Waals surface area contributed by atoms with Gasteiger partial charge in [0.05, 0.1) is 22.6 Å². The van der Waals surface area contributed by atoms with Crippen LogP contribution < -0.4 is 0 Å². The van der Waals surface area contributed by atoms with Crippen molar-refractivity contribution >= 4 is 22.0 Å². The Morgan fingerprint density at radius 2 is 1.94 bits per heavy atom. The summed E-state index contributed by atoms with van der Waals surface area (Å²) in [5.74, 6) is -6.34. The predicted octanol–water partition coefficient (Wildman–Crippen LogP) is 4.49. The minimum absolute atomic E-state index is 0.517. The molecular weight excluding hydrogens is 460 g/mol. The van der Waals surface area contributed by atoms with Crippen LogP contribution in [0.2, 0.25) is 0 Å². The highest BCUT2D eigenvalue weighted by molar-refractivity contribution is 7.90. The van der Waals surface area contributed by atoms with Crippen molar-refractivity contribution in [1.82, 2.24) is 9.29 Å². The Balaban J connectivity index is 1.66. The zero-order chi connectivity index (χ0) is 24.8. The molecule has 178 valence electrons. The lowest BCUT2D eigenvalue weighted by atomic mass is 9.67. The predicted molar refractivity (Wildman–Crippen MR) is 124 cm³/mol. The van der Waals surface area contributed by atoms with E-state index in [9.17, 15) is 27.3 Å². The standard InChI is InChI=1S/C25H25F2N3O3S/c1-15-21(24-16(2)30(17(3)31)34(32,33)23(24)12-25(15,26)27)11-10-20-9-8-19(14-29-20)22-7-5-4-6-18(22)13-28/h4-11,14-16,21,23-24H,12H2,1-3H3/b11-10+/t15-,16+,21-,23+,24-/m0/s1. The number of nitriles is 1. The molecule has 0 unspecified atom stereocenters. The van der Waals surface area contributed by atoms with Crippen molar-refractivity contribution in [3.63, 3.8) is 0 Å². The molecule has 5 atom stereocenters. The average molecular weight is 486 g/mol. The lowest BCUT2D eigenvalue weighted by Crippen LogP contribution is -2.49. The second-order valence-electron chi connectivity index (χ2n) is 9.04. The van der Waals surface area contributed by atoms with Crippen molar-refractivity contribution in [2.45, 2.75) is 44.4 Å². The van der Waals surface area contributed by atoms with E-state index in [1.165, 1.54) is 6.92 Å². The maximum absolute atomic E-state index is 14.9. The molecule has 1 saturated heterocycles. The summed E-state index contributed by atoms with van der Waals surface area (Å²) in [6.45, 7) is 4.18. The molecule has 1 saturated carbocycles. The summed E-state index contributed by atoms with van der Waals surface area (Å²) in [6, 6.07) is 12.1. The zero-order valence-electron chi connectivity index (χ0n) is 19.0. The Bertz CT molecular complexity index is 1290. The molecule has 2 aromatic rings. The number of halogens is 2. The number of fused-ring (bicyclic) bond motifs is 1. The summed E-state index contributed by atoms with van der Waals surface area (Å²) in [7, 11) is -4.16. The van der Waals surface area contributed by atoms with Crippen LogP contribution in [0.3, 0.4) is 0 Å². The lowest BCUT2D eigenvalue weighted by Gasteiger charge is -2.41. The highest BCUT2D eigenvalue weighted by Crippen LogP contribution is 2.53. The normalized spacial score (nSPS) is 29.5. The van der Waals surface area contributed by atoms with E-state index in [-0.39, 0.29) is 0 Å². The van der Waals surface area contributed by atoms with Crippen LogP contribution in [-0.4, -0.2) is 40.8 Å². The van der Waals surface area contributed by atoms with Crippen LogP contribution in [0.1, 0.15) is 38.4 Å². The molecule has 2 heterocycles. The Morgan fingerprint density at radius 3 is 2.56 bits per heavy atom. The summed E-state index contributed by atoms with van der Waals surface area (Å²) < 4.78 is 56.4. The van der Waals surface area contributed by atoms with E-state index in [2.05, 4.69) is 11.1 Å². The second-order valence-corrected chi connectivity index (χ2v) is 11.1. The molecule has 1 aromatic heterocycles. The highest BCUT2D eigenvalue weighted by Gasteiger charge is 2.63. The maximum atomic E-state index is 14.9. The van der Waals surface area contributed by atoms with Crippen LogP contribution in [0.4, 0.5) is 8.78 Å². The van der Waals surface area contributed by atoms with Gasteiger partial charge < -0.3 is 0 Å². The zero-order valence-corrected chi connectivity index (χ0v) is 19.8. The molecule has 0 bridgehead atoms. The lowest BCUT2D eigenvalue weighted by molar-refractivity contribution is -0.127. The van der Waals surface area contributed by atoms with Gasteiger partial charge in [0.25, 0.3) is 5.92 Å². The number of carbonyl (C=O) groups is 1. The number of rotatable bonds is 3. The summed E-state index contributed by atoms with van der Waals surface area (Å²) >= 11 is 0. The third-order valence-corrected chi connectivity index (χ3v) is 9.50. The number of allylic oxidation sites excluding steroid dienone is 1. The molecular formula is C25H25F2N3O3S. The molecule has 0 radical (unpaired) electrons. The first-order chi connectivity index (χ1) is 16.0. The maximum Gasteiger partial charge on any atom is 0.252 e. The van der Waals surface area contributed by atoms with Crippen molar-refractivity contribution < 1.29 is 22.0 Å². The van der Waals surface area contributed by atoms with Gasteiger partial charge in [0, 0.05) is 48.5 Å². The molecule has 2 fully saturated rings. The average Bonchev–Trinajstić information content (AvgIpc) is 2.98. The number of sulfonamides is 1. The number of hydrogen-bond donors (Lipinski definition) is 0. The van der Waals surface area contributed by atoms with E-state index in [4.69, 9.17) is 0 Å². The van der Waals surface area contributed by atoms with Gasteiger partial charge in [-0.3, -0.25) is 9.78 Å². The van der Waals surface area contributed by atoms with Crippen molar-refractivity contribution in [3.05, 3.63) is 59.9 Å². The van der Waals surface area contributed by atoms with E-state index in [1.54, 1.807) is 49.5 Å². The summed E-state index contributed by atoms with van der Waals surface area (Å²) in [5, 5.41) is 7.99. The molecule has 1 aliphatic heterocycles. The molecule has 6 nitrogen and oxygen atoms in total. The first kappa shape index (κ1) is 24.0. The summed E-state index contributed by atoms with van der Waals surface area (Å²) in [5.41, 5.74) is 2.53. The SMILES string of the molecule is CC(=O)N1[C@H](C)[C@H]2[C@@H](/C=C/c3ccc(-c4ccccc4C#N)cn3)[C@H](C)C(F)(F)C[C@H]2S1(=O)=O. The number of aromatic nitrogens is 1. The first-order valence-corrected chi connectivity index (χ1v) is 12.5. The number of alkyl halides is 2. The van der Waals surface area contributed by atoms with Crippen molar-refractivity contribution in [2.24, 2.45) is 17.8 Å². The van der Waals surface area contributed by atoms with E-state index >= 15 is 0 Å². The van der Waals surface area contributed by atoms with Gasteiger partial charge in [0.1, 0.15) is 0 Å². The molecule has 0 N–H and O–H groups in total. The first-order valence-electron chi connectivity index (χ1n) is 11.0. The van der Waals surface area contributed by atoms with Crippen molar-refractivity contribution in [2.75, 3.05) is 0 Å². The van der Waals surface area contributed by atoms with Gasteiger partial charge in [-0.15, -0.1) is 0 Å². The van der Waals surface area contributed by atoms with Crippen LogP contribution in [0.15, 0.2) is 48.7 Å². The Labute approximate surface area is 198 Å². The van der Waals surface area contributed by atoms with Crippen LogP contribution in [0, 0.1) is 29.1 Å². The quantitative estimate of drug-likeness (QED) is 0.639. The molecule has 0 spiro atoms. The van der Waals surface area contributed by atoms with Gasteiger partial charge in [-0.2, -0.15) is 5.26 Å². The third-order valence-electron chi connectivity index (χ3n) is 7.12. The van der Waals surface area contributed by atoms with Crippen molar-refractivity contribution in [1.29, 1.82) is 5.26 Å². The smallest absolute Gasteiger partial charge is 0.252 e. The molecule has 1 aromatic carbocycles. The Morgan fingerprint density at radius 1 is 1.24 bits per heavy atom. The number of carbonyl (C=O) groups excluding carboxylic acids is 1. The minimum Gasteiger partial charge on any atom is -0.274 e. The monoisotopic (exact) mass is 485 g/mol. The minimum atomic E-state index is -4.16. The summed E-state index contributed by atoms with van der Waals surface area (Å²) in [4.78, 5) is 16.4. The molecule has 4 rings (SSSR count). The number of amides is 1. The molecule has 34 heavy (non-hydrogen) atoms.